The fraction of sp³-hybridized carbons (Fsp3) is 0.923. The summed E-state index contributed by atoms with van der Waals surface area (Å²) in [4.78, 5) is 2.63. The van der Waals surface area contributed by atoms with Crippen LogP contribution in [0, 0.1) is 34.5 Å². The van der Waals surface area contributed by atoms with Crippen LogP contribution in [0.5, 0.6) is 0 Å². The van der Waals surface area contributed by atoms with Crippen molar-refractivity contribution in [2.75, 3.05) is 13.1 Å². The monoisotopic (exact) mass is 385 g/mol. The lowest BCUT2D eigenvalue weighted by molar-refractivity contribution is -0.141. The molecule has 1 saturated heterocycles. The second-order valence-electron chi connectivity index (χ2n) is 12.0. The quantitative estimate of drug-likeness (QED) is 0.585. The van der Waals surface area contributed by atoms with Gasteiger partial charge in [-0.25, -0.2) is 0 Å². The van der Waals surface area contributed by atoms with E-state index in [2.05, 4.69) is 31.9 Å². The fourth-order valence-electron chi connectivity index (χ4n) is 8.88. The molecule has 0 radical (unpaired) electrons. The Morgan fingerprint density at radius 1 is 0.893 bits per heavy atom. The summed E-state index contributed by atoms with van der Waals surface area (Å²) in [7, 11) is 0. The molecule has 7 atom stereocenters. The number of allylic oxidation sites excluding steroid dienone is 1. The SMILES string of the molecule is C[C@]12C/C(=C/N3CCCCC3)CC[C@@H]1CC[C@@H]1[C@@H]2CC[C@@]2(C)[C@H]1CC[C@]2(C)O. The average Bonchev–Trinajstić information content (AvgIpc) is 2.91. The summed E-state index contributed by atoms with van der Waals surface area (Å²) in [5, 5.41) is 11.1. The van der Waals surface area contributed by atoms with Crippen LogP contribution in [0.4, 0.5) is 0 Å². The highest BCUT2D eigenvalue weighted by Crippen LogP contribution is 2.68. The Morgan fingerprint density at radius 2 is 1.64 bits per heavy atom. The van der Waals surface area contributed by atoms with Crippen molar-refractivity contribution in [2.45, 2.75) is 103 Å². The smallest absolute Gasteiger partial charge is 0.0675 e. The topological polar surface area (TPSA) is 23.5 Å². The van der Waals surface area contributed by atoms with E-state index in [9.17, 15) is 5.11 Å². The van der Waals surface area contributed by atoms with E-state index in [0.29, 0.717) is 5.41 Å². The van der Waals surface area contributed by atoms with Gasteiger partial charge in [0.05, 0.1) is 5.60 Å². The maximum atomic E-state index is 11.1. The Labute approximate surface area is 173 Å². The van der Waals surface area contributed by atoms with Gasteiger partial charge in [-0.05, 0) is 125 Å². The lowest BCUT2D eigenvalue weighted by Gasteiger charge is -2.61. The van der Waals surface area contributed by atoms with Crippen molar-refractivity contribution in [1.29, 1.82) is 0 Å². The van der Waals surface area contributed by atoms with Crippen molar-refractivity contribution in [2.24, 2.45) is 34.5 Å². The lowest BCUT2D eigenvalue weighted by atomic mass is 9.44. The van der Waals surface area contributed by atoms with Crippen molar-refractivity contribution in [3.8, 4) is 0 Å². The van der Waals surface area contributed by atoms with Crippen LogP contribution >= 0.6 is 0 Å². The van der Waals surface area contributed by atoms with E-state index in [1.54, 1.807) is 5.57 Å². The summed E-state index contributed by atoms with van der Waals surface area (Å²) in [6, 6.07) is 0. The van der Waals surface area contributed by atoms with Crippen molar-refractivity contribution >= 4 is 0 Å². The summed E-state index contributed by atoms with van der Waals surface area (Å²) < 4.78 is 0. The lowest BCUT2D eigenvalue weighted by Crippen LogP contribution is -2.55. The van der Waals surface area contributed by atoms with E-state index in [1.807, 2.05) is 0 Å². The summed E-state index contributed by atoms with van der Waals surface area (Å²) in [5.41, 5.74) is 2.00. The van der Waals surface area contributed by atoms with E-state index < -0.39 is 5.60 Å². The average molecular weight is 386 g/mol. The molecule has 0 aromatic rings. The molecule has 4 aliphatic carbocycles. The minimum absolute atomic E-state index is 0.165. The van der Waals surface area contributed by atoms with Crippen LogP contribution in [-0.2, 0) is 0 Å². The molecule has 0 aromatic heterocycles. The Bertz CT molecular complexity index is 632. The second kappa shape index (κ2) is 6.76. The van der Waals surface area contributed by atoms with E-state index in [4.69, 9.17) is 0 Å². The van der Waals surface area contributed by atoms with Crippen LogP contribution in [-0.4, -0.2) is 28.7 Å². The number of likely N-dealkylation sites (tertiary alicyclic amines) is 1. The molecule has 5 fully saturated rings. The van der Waals surface area contributed by atoms with Crippen molar-refractivity contribution in [3.63, 3.8) is 0 Å². The molecular weight excluding hydrogens is 342 g/mol. The molecule has 0 aromatic carbocycles. The highest BCUT2D eigenvalue weighted by Gasteiger charge is 2.63. The largest absolute Gasteiger partial charge is 0.390 e. The highest BCUT2D eigenvalue weighted by molar-refractivity contribution is 5.17. The van der Waals surface area contributed by atoms with Gasteiger partial charge in [0, 0.05) is 13.1 Å². The zero-order chi connectivity index (χ0) is 19.6. The van der Waals surface area contributed by atoms with E-state index in [1.165, 1.54) is 83.7 Å². The predicted octanol–water partition coefficient (Wildman–Crippen LogP) is 6.15. The number of hydrogen-bond acceptors (Lipinski definition) is 2. The molecule has 0 unspecified atom stereocenters. The standard InChI is InChI=1S/C26H43NO/c1-24-17-19(18-27-15-5-4-6-16-27)7-8-20(24)9-10-21-22(24)11-13-25(2)23(21)12-14-26(25,3)28/h18,20-23,28H,4-17H2,1-3H3/b19-18+/t20-,21-,22+,23+,24+,25+,26+/m1/s1. The molecule has 1 heterocycles. The third kappa shape index (κ3) is 2.83. The number of aliphatic hydroxyl groups is 1. The van der Waals surface area contributed by atoms with Gasteiger partial charge in [-0.15, -0.1) is 0 Å². The van der Waals surface area contributed by atoms with Crippen LogP contribution in [0.15, 0.2) is 11.8 Å². The van der Waals surface area contributed by atoms with Gasteiger partial charge in [0.25, 0.3) is 0 Å². The molecule has 1 aliphatic heterocycles. The number of piperidine rings is 1. The third-order valence-electron chi connectivity index (χ3n) is 10.8. The third-order valence-corrected chi connectivity index (χ3v) is 10.8. The molecule has 0 amide bonds. The van der Waals surface area contributed by atoms with Gasteiger partial charge in [0.2, 0.25) is 0 Å². The molecule has 4 saturated carbocycles. The van der Waals surface area contributed by atoms with Gasteiger partial charge in [-0.2, -0.15) is 0 Å². The van der Waals surface area contributed by atoms with Gasteiger partial charge in [-0.1, -0.05) is 19.4 Å². The van der Waals surface area contributed by atoms with Gasteiger partial charge in [-0.3, -0.25) is 0 Å². The van der Waals surface area contributed by atoms with Gasteiger partial charge in [0.15, 0.2) is 0 Å². The zero-order valence-electron chi connectivity index (χ0n) is 18.7. The molecule has 2 heteroatoms. The minimum Gasteiger partial charge on any atom is -0.390 e. The molecule has 28 heavy (non-hydrogen) atoms. The predicted molar refractivity (Wildman–Crippen MR) is 116 cm³/mol. The molecule has 0 spiro atoms. The van der Waals surface area contributed by atoms with E-state index in [0.717, 1.165) is 30.1 Å². The van der Waals surface area contributed by atoms with Crippen molar-refractivity contribution in [1.82, 2.24) is 4.90 Å². The number of nitrogens with zero attached hydrogens (tertiary/aromatic N) is 1. The first kappa shape index (κ1) is 19.5. The minimum atomic E-state index is -0.438. The molecule has 5 aliphatic rings. The maximum absolute atomic E-state index is 11.1. The van der Waals surface area contributed by atoms with Crippen LogP contribution in [0.1, 0.15) is 97.8 Å². The summed E-state index contributed by atoms with van der Waals surface area (Å²) in [5.74, 6) is 3.46. The molecule has 0 bridgehead atoms. The van der Waals surface area contributed by atoms with Crippen molar-refractivity contribution in [3.05, 3.63) is 11.8 Å². The van der Waals surface area contributed by atoms with Crippen LogP contribution < -0.4 is 0 Å². The molecule has 1 N–H and O–H groups in total. The first-order valence-corrected chi connectivity index (χ1v) is 12.5. The van der Waals surface area contributed by atoms with E-state index in [-0.39, 0.29) is 5.41 Å². The maximum Gasteiger partial charge on any atom is 0.0675 e. The second-order valence-corrected chi connectivity index (χ2v) is 12.0. The van der Waals surface area contributed by atoms with E-state index >= 15 is 0 Å². The summed E-state index contributed by atoms with van der Waals surface area (Å²) >= 11 is 0. The van der Waals surface area contributed by atoms with Crippen LogP contribution in [0.25, 0.3) is 0 Å². The number of fused-ring (bicyclic) bond motifs is 5. The summed E-state index contributed by atoms with van der Waals surface area (Å²) in [6.07, 6.45) is 18.7. The van der Waals surface area contributed by atoms with Crippen LogP contribution in [0.3, 0.4) is 0 Å². The molecule has 158 valence electrons. The zero-order valence-corrected chi connectivity index (χ0v) is 18.7. The summed E-state index contributed by atoms with van der Waals surface area (Å²) in [6.45, 7) is 9.81. The van der Waals surface area contributed by atoms with Gasteiger partial charge >= 0.3 is 0 Å². The van der Waals surface area contributed by atoms with Crippen molar-refractivity contribution < 1.29 is 5.11 Å². The fourth-order valence-corrected chi connectivity index (χ4v) is 8.88. The Hall–Kier alpha value is -0.500. The first-order chi connectivity index (χ1) is 13.3. The first-order valence-electron chi connectivity index (χ1n) is 12.5. The normalized spacial score (nSPS) is 52.9. The van der Waals surface area contributed by atoms with Gasteiger partial charge in [0.1, 0.15) is 0 Å². The Morgan fingerprint density at radius 3 is 2.43 bits per heavy atom. The molecular formula is C26H43NO. The number of rotatable bonds is 1. The Kier molecular flexibility index (Phi) is 4.70. The van der Waals surface area contributed by atoms with Gasteiger partial charge < -0.3 is 10.0 Å². The highest BCUT2D eigenvalue weighted by atomic mass is 16.3. The van der Waals surface area contributed by atoms with Crippen LogP contribution in [0.2, 0.25) is 0 Å². The molecule has 5 rings (SSSR count). The molecule has 2 nitrogen and oxygen atoms in total. The number of hydrogen-bond donors (Lipinski definition) is 1. The Balaban J connectivity index is 1.38.